The zero-order valence-electron chi connectivity index (χ0n) is 24.9. The summed E-state index contributed by atoms with van der Waals surface area (Å²) in [6, 6.07) is 0. The van der Waals surface area contributed by atoms with Crippen LogP contribution in [0.3, 0.4) is 0 Å². The van der Waals surface area contributed by atoms with Gasteiger partial charge in [-0.25, -0.2) is 0 Å². The fourth-order valence-corrected chi connectivity index (χ4v) is 3.93. The van der Waals surface area contributed by atoms with Crippen molar-refractivity contribution < 1.29 is 19.4 Å². The van der Waals surface area contributed by atoms with E-state index in [2.05, 4.69) is 68.5 Å². The van der Waals surface area contributed by atoms with Crippen molar-refractivity contribution in [1.82, 2.24) is 0 Å². The molecule has 0 aliphatic rings. The highest BCUT2D eigenvalue weighted by atomic mass is 16.5. The first-order valence-corrected chi connectivity index (χ1v) is 15.4. The first kappa shape index (κ1) is 36.4. The average molecular weight is 541 g/mol. The molecule has 4 heteroatoms. The Morgan fingerprint density at radius 3 is 1.77 bits per heavy atom. The number of carbonyl (C=O) groups excluding carboxylic acids is 1. The van der Waals surface area contributed by atoms with Gasteiger partial charge >= 0.3 is 11.9 Å². The van der Waals surface area contributed by atoms with E-state index in [4.69, 9.17) is 9.84 Å². The summed E-state index contributed by atoms with van der Waals surface area (Å²) in [6.45, 7) is 4.37. The number of allylic oxidation sites excluding steroid dienone is 10. The molecule has 39 heavy (non-hydrogen) atoms. The van der Waals surface area contributed by atoms with Gasteiger partial charge in [-0.3, -0.25) is 9.59 Å². The molecule has 0 bridgehead atoms. The number of ether oxygens (including phenoxy) is 1. The number of esters is 1. The molecule has 4 nitrogen and oxygen atoms in total. The van der Waals surface area contributed by atoms with Crippen LogP contribution in [0.15, 0.2) is 72.9 Å². The lowest BCUT2D eigenvalue weighted by Gasteiger charge is -2.14. The smallest absolute Gasteiger partial charge is 0.310 e. The molecule has 0 amide bonds. The first-order valence-electron chi connectivity index (χ1n) is 15.4. The standard InChI is InChI=1S/C35H56O4/c1-3-5-7-9-11-12-13-14-15-16-17-18-20-22-28-32-35(38)39-33(29-25-21-19-10-8-6-4-2)30-26-23-24-27-31-34(36)37/h5,7,11-12,14-15,17-18,22,25,28-29,33H,3-4,6,8-10,13,16,19-21,23-24,26-27,30-32H2,1-2H3,(H,36,37)/b7-5-,12-11-,15-14-,18-17-,28-22-,29-25-. The highest BCUT2D eigenvalue weighted by Gasteiger charge is 2.10. The van der Waals surface area contributed by atoms with E-state index >= 15 is 0 Å². The SMILES string of the molecule is CC/C=C\C/C=C\C/C=C\C/C=C\C/C=C\CC(=O)OC(/C=C\CCCCCCC)CCCCCCC(=O)O. The molecule has 0 aliphatic heterocycles. The Morgan fingerprint density at radius 2 is 1.18 bits per heavy atom. The Morgan fingerprint density at radius 1 is 0.641 bits per heavy atom. The summed E-state index contributed by atoms with van der Waals surface area (Å²) >= 11 is 0. The Labute approximate surface area is 239 Å². The molecule has 0 aliphatic carbocycles. The van der Waals surface area contributed by atoms with Gasteiger partial charge in [-0.2, -0.15) is 0 Å². The number of hydrogen-bond acceptors (Lipinski definition) is 3. The van der Waals surface area contributed by atoms with Crippen LogP contribution in [0, 0.1) is 0 Å². The number of carbonyl (C=O) groups is 2. The molecule has 0 aromatic rings. The fourth-order valence-electron chi connectivity index (χ4n) is 3.93. The second kappa shape index (κ2) is 29.9. The van der Waals surface area contributed by atoms with Gasteiger partial charge in [0.15, 0.2) is 0 Å². The number of rotatable bonds is 26. The largest absolute Gasteiger partial charge is 0.481 e. The highest BCUT2D eigenvalue weighted by Crippen LogP contribution is 2.13. The average Bonchev–Trinajstić information content (AvgIpc) is 2.91. The summed E-state index contributed by atoms with van der Waals surface area (Å²) < 4.78 is 5.75. The van der Waals surface area contributed by atoms with Crippen molar-refractivity contribution in [2.75, 3.05) is 0 Å². The van der Waals surface area contributed by atoms with Gasteiger partial charge < -0.3 is 9.84 Å². The van der Waals surface area contributed by atoms with Crippen LogP contribution in [0.5, 0.6) is 0 Å². The molecule has 0 rings (SSSR count). The lowest BCUT2D eigenvalue weighted by Crippen LogP contribution is -2.15. The zero-order valence-corrected chi connectivity index (χ0v) is 24.9. The minimum atomic E-state index is -0.737. The Bertz CT molecular complexity index is 755. The third kappa shape index (κ3) is 29.8. The van der Waals surface area contributed by atoms with Gasteiger partial charge in [0.05, 0.1) is 6.42 Å². The maximum absolute atomic E-state index is 12.4. The maximum Gasteiger partial charge on any atom is 0.310 e. The number of unbranched alkanes of at least 4 members (excludes halogenated alkanes) is 8. The highest BCUT2D eigenvalue weighted by molar-refractivity contribution is 5.71. The molecule has 0 saturated carbocycles. The van der Waals surface area contributed by atoms with E-state index in [1.807, 2.05) is 18.2 Å². The molecule has 0 radical (unpaired) electrons. The van der Waals surface area contributed by atoms with Crippen molar-refractivity contribution in [1.29, 1.82) is 0 Å². The third-order valence-corrected chi connectivity index (χ3v) is 6.18. The van der Waals surface area contributed by atoms with Crippen LogP contribution in [0.1, 0.15) is 129 Å². The lowest BCUT2D eigenvalue weighted by atomic mass is 10.1. The van der Waals surface area contributed by atoms with Crippen LogP contribution >= 0.6 is 0 Å². The Balaban J connectivity index is 4.27. The summed E-state index contributed by atoms with van der Waals surface area (Å²) in [5.74, 6) is -0.932. The maximum atomic E-state index is 12.4. The van der Waals surface area contributed by atoms with E-state index in [9.17, 15) is 9.59 Å². The van der Waals surface area contributed by atoms with Crippen molar-refractivity contribution in [3.05, 3.63) is 72.9 Å². The van der Waals surface area contributed by atoms with Crippen molar-refractivity contribution in [3.63, 3.8) is 0 Å². The van der Waals surface area contributed by atoms with E-state index in [0.29, 0.717) is 6.42 Å². The van der Waals surface area contributed by atoms with E-state index in [-0.39, 0.29) is 24.9 Å². The molecule has 0 spiro atoms. The predicted molar refractivity (Wildman–Crippen MR) is 167 cm³/mol. The molecular weight excluding hydrogens is 484 g/mol. The first-order chi connectivity index (χ1) is 19.1. The third-order valence-electron chi connectivity index (χ3n) is 6.18. The van der Waals surface area contributed by atoms with Crippen molar-refractivity contribution in [2.45, 2.75) is 136 Å². The van der Waals surface area contributed by atoms with Crippen LogP contribution in [0.2, 0.25) is 0 Å². The summed E-state index contributed by atoms with van der Waals surface area (Å²) in [4.78, 5) is 23.1. The van der Waals surface area contributed by atoms with Crippen LogP contribution in [0.25, 0.3) is 0 Å². The van der Waals surface area contributed by atoms with Gasteiger partial charge in [0.25, 0.3) is 0 Å². The number of hydrogen-bond donors (Lipinski definition) is 1. The van der Waals surface area contributed by atoms with Crippen LogP contribution in [-0.2, 0) is 14.3 Å². The molecule has 0 fully saturated rings. The van der Waals surface area contributed by atoms with E-state index < -0.39 is 5.97 Å². The molecule has 1 N–H and O–H groups in total. The van der Waals surface area contributed by atoms with Gasteiger partial charge in [-0.1, -0.05) is 119 Å². The van der Waals surface area contributed by atoms with Gasteiger partial charge in [0.1, 0.15) is 6.10 Å². The molecule has 0 heterocycles. The minimum absolute atomic E-state index is 0.195. The predicted octanol–water partition coefficient (Wildman–Crippen LogP) is 10.4. The second-order valence-corrected chi connectivity index (χ2v) is 9.92. The van der Waals surface area contributed by atoms with Gasteiger partial charge in [0, 0.05) is 6.42 Å². The Hall–Kier alpha value is -2.62. The molecule has 0 aromatic heterocycles. The topological polar surface area (TPSA) is 63.6 Å². The molecular formula is C35H56O4. The Kier molecular flexibility index (Phi) is 27.9. The monoisotopic (exact) mass is 540 g/mol. The minimum Gasteiger partial charge on any atom is -0.481 e. The number of carboxylic acid groups (broad SMARTS) is 1. The summed E-state index contributed by atoms with van der Waals surface area (Å²) in [5, 5.41) is 8.77. The normalized spacial score (nSPS) is 13.3. The van der Waals surface area contributed by atoms with Crippen molar-refractivity contribution in [2.24, 2.45) is 0 Å². The molecule has 0 saturated heterocycles. The van der Waals surface area contributed by atoms with Gasteiger partial charge in [0.2, 0.25) is 0 Å². The summed E-state index contributed by atoms with van der Waals surface area (Å²) in [6.07, 6.45) is 42.2. The fraction of sp³-hybridized carbons (Fsp3) is 0.600. The van der Waals surface area contributed by atoms with E-state index in [1.54, 1.807) is 0 Å². The summed E-state index contributed by atoms with van der Waals surface area (Å²) in [7, 11) is 0. The van der Waals surface area contributed by atoms with Crippen molar-refractivity contribution in [3.8, 4) is 0 Å². The summed E-state index contributed by atoms with van der Waals surface area (Å²) in [5.41, 5.74) is 0. The zero-order chi connectivity index (χ0) is 28.7. The molecule has 1 unspecified atom stereocenters. The van der Waals surface area contributed by atoms with E-state index in [1.165, 1.54) is 32.1 Å². The van der Waals surface area contributed by atoms with Crippen LogP contribution in [-0.4, -0.2) is 23.1 Å². The van der Waals surface area contributed by atoms with Crippen LogP contribution in [0.4, 0.5) is 0 Å². The lowest BCUT2D eigenvalue weighted by molar-refractivity contribution is -0.146. The van der Waals surface area contributed by atoms with Crippen LogP contribution < -0.4 is 0 Å². The number of aliphatic carboxylic acids is 1. The van der Waals surface area contributed by atoms with Gasteiger partial charge in [-0.15, -0.1) is 0 Å². The van der Waals surface area contributed by atoms with Gasteiger partial charge in [-0.05, 0) is 70.3 Å². The molecule has 1 atom stereocenters. The second-order valence-electron chi connectivity index (χ2n) is 9.92. The van der Waals surface area contributed by atoms with Crippen molar-refractivity contribution >= 4 is 11.9 Å². The quantitative estimate of drug-likeness (QED) is 0.0673. The molecule has 0 aromatic carbocycles. The number of carboxylic acids is 1. The van der Waals surface area contributed by atoms with E-state index in [0.717, 1.165) is 64.2 Å². The molecule has 220 valence electrons.